The first-order chi connectivity index (χ1) is 13.2. The molecule has 0 fully saturated rings. The number of nitrogens with zero attached hydrogens (tertiary/aromatic N) is 3. The fraction of sp³-hybridized carbons (Fsp3) is 0.250. The van der Waals surface area contributed by atoms with Crippen molar-refractivity contribution < 1.29 is 4.79 Å². The summed E-state index contributed by atoms with van der Waals surface area (Å²) in [5, 5.41) is 10.8. The number of fused-ring (bicyclic) bond motifs is 3. The molecule has 2 aliphatic heterocycles. The molecule has 1 N–H and O–H groups in total. The zero-order chi connectivity index (χ0) is 18.6. The number of nitrogens with one attached hydrogen (secondary N) is 1. The van der Waals surface area contributed by atoms with Crippen LogP contribution in [-0.2, 0) is 11.2 Å². The Morgan fingerprint density at radius 2 is 2.04 bits per heavy atom. The van der Waals surface area contributed by atoms with Gasteiger partial charge in [0.05, 0.1) is 17.5 Å². The second-order valence-electron chi connectivity index (χ2n) is 6.36. The van der Waals surface area contributed by atoms with Gasteiger partial charge in [0, 0.05) is 29.8 Å². The van der Waals surface area contributed by atoms with Crippen LogP contribution in [0, 0.1) is 0 Å². The topological polar surface area (TPSA) is 57.1 Å². The Labute approximate surface area is 167 Å². The van der Waals surface area contributed by atoms with Gasteiger partial charge in [0.2, 0.25) is 5.91 Å². The summed E-state index contributed by atoms with van der Waals surface area (Å²) in [7, 11) is 0. The normalized spacial score (nSPS) is 17.3. The number of benzene rings is 2. The summed E-state index contributed by atoms with van der Waals surface area (Å²) >= 11 is 7.31. The third kappa shape index (κ3) is 4.17. The first-order valence-corrected chi connectivity index (χ1v) is 10.2. The van der Waals surface area contributed by atoms with Crippen molar-refractivity contribution in [1.82, 2.24) is 10.3 Å². The molecule has 1 atom stereocenters. The molecule has 4 rings (SSSR count). The molecule has 27 heavy (non-hydrogen) atoms. The predicted octanol–water partition coefficient (Wildman–Crippen LogP) is 4.17. The SMILES string of the molecule is O=C(CSC1=Nc2ccccc2[C@H]2CC=NN12)NCCc1ccc(Cl)cc1. The van der Waals surface area contributed by atoms with Crippen LogP contribution >= 0.6 is 23.4 Å². The highest BCUT2D eigenvalue weighted by atomic mass is 35.5. The number of halogens is 1. The van der Waals surface area contributed by atoms with Crippen molar-refractivity contribution in [3.63, 3.8) is 0 Å². The molecule has 0 aliphatic carbocycles. The summed E-state index contributed by atoms with van der Waals surface area (Å²) in [6.45, 7) is 0.598. The summed E-state index contributed by atoms with van der Waals surface area (Å²) < 4.78 is 0. The number of amides is 1. The molecular weight excluding hydrogens is 380 g/mol. The maximum atomic E-state index is 12.2. The second-order valence-corrected chi connectivity index (χ2v) is 7.74. The minimum absolute atomic E-state index is 0.00440. The van der Waals surface area contributed by atoms with E-state index in [-0.39, 0.29) is 11.9 Å². The van der Waals surface area contributed by atoms with Gasteiger partial charge in [-0.25, -0.2) is 10.0 Å². The van der Waals surface area contributed by atoms with E-state index >= 15 is 0 Å². The van der Waals surface area contributed by atoms with Gasteiger partial charge >= 0.3 is 0 Å². The summed E-state index contributed by atoms with van der Waals surface area (Å²) in [4.78, 5) is 16.9. The lowest BCUT2D eigenvalue weighted by molar-refractivity contribution is -0.118. The number of carbonyl (C=O) groups excluding carboxylic acids is 1. The van der Waals surface area contributed by atoms with E-state index in [0.29, 0.717) is 12.3 Å². The second kappa shape index (κ2) is 8.15. The van der Waals surface area contributed by atoms with Crippen LogP contribution in [0.25, 0.3) is 0 Å². The highest BCUT2D eigenvalue weighted by molar-refractivity contribution is 8.14. The quantitative estimate of drug-likeness (QED) is 0.822. The zero-order valence-corrected chi connectivity index (χ0v) is 16.2. The molecule has 138 valence electrons. The highest BCUT2D eigenvalue weighted by Gasteiger charge is 2.32. The highest BCUT2D eigenvalue weighted by Crippen LogP contribution is 2.40. The molecule has 2 aromatic rings. The molecule has 0 aromatic heterocycles. The molecular formula is C20H19ClN4OS. The Kier molecular flexibility index (Phi) is 5.45. The molecule has 2 heterocycles. The van der Waals surface area contributed by atoms with Crippen LogP contribution in [0.4, 0.5) is 5.69 Å². The van der Waals surface area contributed by atoms with E-state index in [4.69, 9.17) is 16.6 Å². The van der Waals surface area contributed by atoms with Gasteiger partial charge in [-0.1, -0.05) is 53.7 Å². The van der Waals surface area contributed by atoms with Crippen LogP contribution in [-0.4, -0.2) is 34.6 Å². The Morgan fingerprint density at radius 3 is 2.89 bits per heavy atom. The van der Waals surface area contributed by atoms with Gasteiger partial charge < -0.3 is 5.32 Å². The number of carbonyl (C=O) groups is 1. The number of para-hydroxylation sites is 1. The van der Waals surface area contributed by atoms with Crippen molar-refractivity contribution in [1.29, 1.82) is 0 Å². The summed E-state index contributed by atoms with van der Waals surface area (Å²) in [5.41, 5.74) is 3.30. The Hall–Kier alpha value is -2.31. The van der Waals surface area contributed by atoms with Crippen LogP contribution in [0.15, 0.2) is 58.6 Å². The molecule has 0 saturated heterocycles. The molecule has 0 spiro atoms. The maximum Gasteiger partial charge on any atom is 0.230 e. The molecule has 5 nitrogen and oxygen atoms in total. The average molecular weight is 399 g/mol. The summed E-state index contributed by atoms with van der Waals surface area (Å²) in [6, 6.07) is 16.0. The van der Waals surface area contributed by atoms with Crippen LogP contribution in [0.2, 0.25) is 5.02 Å². The Morgan fingerprint density at radius 1 is 1.22 bits per heavy atom. The fourth-order valence-electron chi connectivity index (χ4n) is 3.16. The standard InChI is InChI=1S/C20H19ClN4OS/c21-15-7-5-14(6-8-15)9-11-22-19(26)13-27-20-24-17-4-2-1-3-16(17)18-10-12-23-25(18)20/h1-8,12,18H,9-11,13H2,(H,22,26)/t18-/m1/s1. The van der Waals surface area contributed by atoms with Crippen molar-refractivity contribution in [2.24, 2.45) is 10.1 Å². The van der Waals surface area contributed by atoms with E-state index in [2.05, 4.69) is 16.5 Å². The average Bonchev–Trinajstić information content (AvgIpc) is 3.18. The number of thioether (sulfide) groups is 1. The van der Waals surface area contributed by atoms with Crippen molar-refractivity contribution in [2.75, 3.05) is 12.3 Å². The monoisotopic (exact) mass is 398 g/mol. The van der Waals surface area contributed by atoms with E-state index in [1.54, 1.807) is 0 Å². The van der Waals surface area contributed by atoms with Gasteiger partial charge in [0.25, 0.3) is 0 Å². The number of hydrogen-bond acceptors (Lipinski definition) is 5. The Bertz CT molecular complexity index is 897. The number of amidine groups is 1. The van der Waals surface area contributed by atoms with Crippen molar-refractivity contribution >= 4 is 46.3 Å². The van der Waals surface area contributed by atoms with Crippen LogP contribution in [0.1, 0.15) is 23.6 Å². The first kappa shape index (κ1) is 18.1. The van der Waals surface area contributed by atoms with Gasteiger partial charge in [-0.15, -0.1) is 0 Å². The largest absolute Gasteiger partial charge is 0.355 e. The van der Waals surface area contributed by atoms with Gasteiger partial charge in [0.15, 0.2) is 5.17 Å². The summed E-state index contributed by atoms with van der Waals surface area (Å²) in [5.74, 6) is 0.315. The molecule has 0 saturated carbocycles. The molecule has 7 heteroatoms. The lowest BCUT2D eigenvalue weighted by Crippen LogP contribution is -2.31. The van der Waals surface area contributed by atoms with Crippen molar-refractivity contribution in [3.05, 3.63) is 64.7 Å². The number of aliphatic imine (C=N–C) groups is 1. The van der Waals surface area contributed by atoms with E-state index in [0.717, 1.165) is 34.3 Å². The molecule has 1 amide bonds. The maximum absolute atomic E-state index is 12.2. The van der Waals surface area contributed by atoms with E-state index in [1.165, 1.54) is 17.3 Å². The number of hydrogen-bond donors (Lipinski definition) is 1. The third-order valence-corrected chi connectivity index (χ3v) is 5.71. The predicted molar refractivity (Wildman–Crippen MR) is 112 cm³/mol. The third-order valence-electron chi connectivity index (χ3n) is 4.52. The lowest BCUT2D eigenvalue weighted by atomic mass is 10.0. The van der Waals surface area contributed by atoms with Gasteiger partial charge in [-0.05, 0) is 30.2 Å². The molecule has 0 radical (unpaired) electrons. The molecule has 2 aromatic carbocycles. The van der Waals surface area contributed by atoms with Gasteiger partial charge in [-0.2, -0.15) is 5.10 Å². The van der Waals surface area contributed by atoms with Crippen LogP contribution in [0.3, 0.4) is 0 Å². The Balaban J connectivity index is 1.31. The smallest absolute Gasteiger partial charge is 0.230 e. The van der Waals surface area contributed by atoms with Gasteiger partial charge in [0.1, 0.15) is 0 Å². The first-order valence-electron chi connectivity index (χ1n) is 8.84. The molecule has 2 aliphatic rings. The lowest BCUT2D eigenvalue weighted by Gasteiger charge is -2.29. The van der Waals surface area contributed by atoms with Crippen molar-refractivity contribution in [2.45, 2.75) is 18.9 Å². The fourth-order valence-corrected chi connectivity index (χ4v) is 4.12. The van der Waals surface area contributed by atoms with E-state index in [1.807, 2.05) is 53.7 Å². The minimum atomic E-state index is -0.00440. The van der Waals surface area contributed by atoms with E-state index < -0.39 is 0 Å². The van der Waals surface area contributed by atoms with Crippen LogP contribution < -0.4 is 5.32 Å². The molecule has 0 unspecified atom stereocenters. The van der Waals surface area contributed by atoms with Gasteiger partial charge in [-0.3, -0.25) is 4.79 Å². The minimum Gasteiger partial charge on any atom is -0.355 e. The number of rotatable bonds is 5. The van der Waals surface area contributed by atoms with Crippen molar-refractivity contribution in [3.8, 4) is 0 Å². The zero-order valence-electron chi connectivity index (χ0n) is 14.6. The number of hydrazone groups is 1. The van der Waals surface area contributed by atoms with Crippen LogP contribution in [0.5, 0.6) is 0 Å². The van der Waals surface area contributed by atoms with E-state index in [9.17, 15) is 4.79 Å². The summed E-state index contributed by atoms with van der Waals surface area (Å²) in [6.07, 6.45) is 3.55. The molecule has 0 bridgehead atoms.